The minimum atomic E-state index is -0.991. The van der Waals surface area contributed by atoms with E-state index in [9.17, 15) is 10.2 Å². The summed E-state index contributed by atoms with van der Waals surface area (Å²) in [4.78, 5) is 0. The number of ether oxygens (including phenoxy) is 2. The molecule has 4 atom stereocenters. The monoisotopic (exact) mass is 372 g/mol. The zero-order chi connectivity index (χ0) is 19.0. The van der Waals surface area contributed by atoms with Gasteiger partial charge in [0.15, 0.2) is 0 Å². The van der Waals surface area contributed by atoms with E-state index in [4.69, 9.17) is 14.6 Å². The minimum absolute atomic E-state index is 0.0847. The highest BCUT2D eigenvalue weighted by Gasteiger charge is 2.38. The molecule has 1 saturated heterocycles. The topological polar surface area (TPSA) is 79.2 Å². The van der Waals surface area contributed by atoms with Gasteiger partial charge in [0.2, 0.25) is 0 Å². The van der Waals surface area contributed by atoms with E-state index in [0.29, 0.717) is 6.61 Å². The molecule has 1 aliphatic heterocycles. The fourth-order valence-electron chi connectivity index (χ4n) is 3.31. The molecule has 0 aromatic rings. The molecule has 0 aliphatic carbocycles. The normalized spacial score (nSPS) is 26.6. The number of aliphatic hydroxyl groups excluding tert-OH is 3. The summed E-state index contributed by atoms with van der Waals surface area (Å²) in [6.45, 7) is 2.52. The van der Waals surface area contributed by atoms with Crippen LogP contribution >= 0.6 is 0 Å². The fraction of sp³-hybridized carbons (Fsp3) is 0.905. The van der Waals surface area contributed by atoms with E-state index in [0.717, 1.165) is 12.8 Å². The second-order valence-electron chi connectivity index (χ2n) is 7.32. The summed E-state index contributed by atoms with van der Waals surface area (Å²) in [7, 11) is 0. The van der Waals surface area contributed by atoms with Crippen molar-refractivity contribution in [2.75, 3.05) is 19.8 Å². The molecule has 0 aromatic heterocycles. The van der Waals surface area contributed by atoms with E-state index in [1.165, 1.54) is 57.8 Å². The summed E-state index contributed by atoms with van der Waals surface area (Å²) in [5.74, 6) is 0. The Labute approximate surface area is 159 Å². The van der Waals surface area contributed by atoms with Gasteiger partial charge in [-0.3, -0.25) is 0 Å². The SMILES string of the molecule is CCCCCCCCCCC/C=C/CCO[C@@H]1[C@@H](O)[C@H](CO)OC[C@H]1O. The van der Waals surface area contributed by atoms with Crippen LogP contribution in [0.4, 0.5) is 0 Å². The molecule has 1 fully saturated rings. The van der Waals surface area contributed by atoms with Crippen LogP contribution in [0.3, 0.4) is 0 Å². The van der Waals surface area contributed by atoms with E-state index >= 15 is 0 Å². The van der Waals surface area contributed by atoms with Gasteiger partial charge >= 0.3 is 0 Å². The van der Waals surface area contributed by atoms with Gasteiger partial charge in [-0.1, -0.05) is 70.4 Å². The average Bonchev–Trinajstić information content (AvgIpc) is 2.64. The molecule has 5 heteroatoms. The molecular formula is C21H40O5. The van der Waals surface area contributed by atoms with Gasteiger partial charge in [0.1, 0.15) is 24.4 Å². The zero-order valence-electron chi connectivity index (χ0n) is 16.5. The number of aliphatic hydroxyl groups is 3. The maximum atomic E-state index is 10.0. The first-order valence-corrected chi connectivity index (χ1v) is 10.6. The highest BCUT2D eigenvalue weighted by atomic mass is 16.6. The van der Waals surface area contributed by atoms with Crippen molar-refractivity contribution in [2.45, 2.75) is 102 Å². The van der Waals surface area contributed by atoms with Gasteiger partial charge in [0.05, 0.1) is 19.8 Å². The largest absolute Gasteiger partial charge is 0.394 e. The highest BCUT2D eigenvalue weighted by molar-refractivity contribution is 4.88. The van der Waals surface area contributed by atoms with Crippen molar-refractivity contribution in [3.05, 3.63) is 12.2 Å². The van der Waals surface area contributed by atoms with Crippen molar-refractivity contribution in [3.8, 4) is 0 Å². The molecule has 0 radical (unpaired) electrons. The lowest BCUT2D eigenvalue weighted by Crippen LogP contribution is -2.55. The molecule has 0 spiro atoms. The van der Waals surface area contributed by atoms with Crippen LogP contribution < -0.4 is 0 Å². The molecule has 1 heterocycles. The first-order chi connectivity index (χ1) is 12.7. The van der Waals surface area contributed by atoms with E-state index in [1.54, 1.807) is 0 Å². The van der Waals surface area contributed by atoms with Crippen LogP contribution in [0.25, 0.3) is 0 Å². The Balaban J connectivity index is 1.96. The minimum Gasteiger partial charge on any atom is -0.394 e. The molecule has 5 nitrogen and oxygen atoms in total. The third-order valence-corrected chi connectivity index (χ3v) is 4.99. The van der Waals surface area contributed by atoms with E-state index in [-0.39, 0.29) is 13.2 Å². The maximum Gasteiger partial charge on any atom is 0.114 e. The number of unbranched alkanes of at least 4 members (excludes halogenated alkanes) is 9. The summed E-state index contributed by atoms with van der Waals surface area (Å²) < 4.78 is 10.8. The van der Waals surface area contributed by atoms with Crippen molar-refractivity contribution in [2.24, 2.45) is 0 Å². The Morgan fingerprint density at radius 2 is 1.54 bits per heavy atom. The van der Waals surface area contributed by atoms with E-state index < -0.39 is 24.4 Å². The Hall–Kier alpha value is -0.460. The van der Waals surface area contributed by atoms with E-state index in [1.807, 2.05) is 0 Å². The fourth-order valence-corrected chi connectivity index (χ4v) is 3.31. The maximum absolute atomic E-state index is 10.0. The first kappa shape index (κ1) is 23.6. The molecule has 3 N–H and O–H groups in total. The number of hydrogen-bond donors (Lipinski definition) is 3. The van der Waals surface area contributed by atoms with Gasteiger partial charge in [0, 0.05) is 0 Å². The van der Waals surface area contributed by atoms with Gasteiger partial charge in [-0.25, -0.2) is 0 Å². The molecule has 0 amide bonds. The predicted octanol–water partition coefficient (Wildman–Crippen LogP) is 3.35. The lowest BCUT2D eigenvalue weighted by atomic mass is 10.0. The molecule has 0 saturated carbocycles. The molecule has 0 aromatic carbocycles. The third-order valence-electron chi connectivity index (χ3n) is 4.99. The lowest BCUT2D eigenvalue weighted by molar-refractivity contribution is -0.210. The van der Waals surface area contributed by atoms with Crippen LogP contribution in [0.5, 0.6) is 0 Å². The van der Waals surface area contributed by atoms with Gasteiger partial charge < -0.3 is 24.8 Å². The van der Waals surface area contributed by atoms with Crippen molar-refractivity contribution < 1.29 is 24.8 Å². The molecule has 154 valence electrons. The smallest absolute Gasteiger partial charge is 0.114 e. The summed E-state index contributed by atoms with van der Waals surface area (Å²) in [5, 5.41) is 29.0. The van der Waals surface area contributed by atoms with Gasteiger partial charge in [-0.15, -0.1) is 0 Å². The van der Waals surface area contributed by atoms with Crippen molar-refractivity contribution >= 4 is 0 Å². The summed E-state index contributed by atoms with van der Waals surface area (Å²) in [6, 6.07) is 0. The quantitative estimate of drug-likeness (QED) is 0.303. The van der Waals surface area contributed by atoms with Crippen molar-refractivity contribution in [1.82, 2.24) is 0 Å². The molecular weight excluding hydrogens is 332 g/mol. The van der Waals surface area contributed by atoms with Crippen molar-refractivity contribution in [3.63, 3.8) is 0 Å². The Kier molecular flexibility index (Phi) is 14.1. The van der Waals surface area contributed by atoms with Gasteiger partial charge in [0.25, 0.3) is 0 Å². The zero-order valence-corrected chi connectivity index (χ0v) is 16.5. The Morgan fingerprint density at radius 1 is 0.923 bits per heavy atom. The van der Waals surface area contributed by atoms with Crippen LogP contribution in [0.2, 0.25) is 0 Å². The van der Waals surface area contributed by atoms with Crippen LogP contribution in [0.1, 0.15) is 77.6 Å². The lowest BCUT2D eigenvalue weighted by Gasteiger charge is -2.37. The average molecular weight is 373 g/mol. The van der Waals surface area contributed by atoms with Crippen molar-refractivity contribution in [1.29, 1.82) is 0 Å². The number of allylic oxidation sites excluding steroid dienone is 1. The predicted molar refractivity (Wildman–Crippen MR) is 104 cm³/mol. The molecule has 1 rings (SSSR count). The molecule has 1 aliphatic rings. The molecule has 26 heavy (non-hydrogen) atoms. The third kappa shape index (κ3) is 10.0. The van der Waals surface area contributed by atoms with E-state index in [2.05, 4.69) is 19.1 Å². The van der Waals surface area contributed by atoms with Crippen LogP contribution in [-0.2, 0) is 9.47 Å². The highest BCUT2D eigenvalue weighted by Crippen LogP contribution is 2.18. The van der Waals surface area contributed by atoms with Gasteiger partial charge in [-0.05, 0) is 19.3 Å². The van der Waals surface area contributed by atoms with Crippen LogP contribution in [-0.4, -0.2) is 59.6 Å². The van der Waals surface area contributed by atoms with Gasteiger partial charge in [-0.2, -0.15) is 0 Å². The first-order valence-electron chi connectivity index (χ1n) is 10.6. The summed E-state index contributed by atoms with van der Waals surface area (Å²) >= 11 is 0. The summed E-state index contributed by atoms with van der Waals surface area (Å²) in [6.07, 6.45) is 15.1. The molecule has 0 bridgehead atoms. The standard InChI is InChI=1S/C21H40O5/c1-2-3-4-5-6-7-8-9-10-11-12-13-14-15-25-21-18(23)17-26-19(16-22)20(21)24/h12-13,18-24H,2-11,14-17H2,1H3/b13-12+/t18-,19+,20+,21+/m1/s1. The number of rotatable bonds is 15. The summed E-state index contributed by atoms with van der Waals surface area (Å²) in [5.41, 5.74) is 0. The number of hydrogen-bond acceptors (Lipinski definition) is 5. The Bertz CT molecular complexity index is 347. The van der Waals surface area contributed by atoms with Crippen LogP contribution in [0.15, 0.2) is 12.2 Å². The second kappa shape index (κ2) is 15.6. The Morgan fingerprint density at radius 3 is 2.19 bits per heavy atom. The second-order valence-corrected chi connectivity index (χ2v) is 7.32. The molecule has 0 unspecified atom stereocenters. The van der Waals surface area contributed by atoms with Crippen LogP contribution in [0, 0.1) is 0 Å².